The monoisotopic (exact) mass is 541 g/mol. The number of rotatable bonds is 1. The average molecular weight is 541 g/mol. The fraction of sp³-hybridized carbons (Fsp3) is 0.192. The molecule has 0 aliphatic heterocycles. The SMILES string of the molecule is Cc1ccc2nc(-c3[c-]ccc(C(C)(C)C)c3)cc3c2c1-c1ccccc1-3.[Ir]. The Hall–Kier alpha value is -2.28. The number of hydrogen-bond donors (Lipinski definition) is 0. The van der Waals surface area contributed by atoms with Gasteiger partial charge in [0.15, 0.2) is 0 Å². The predicted octanol–water partition coefficient (Wildman–Crippen LogP) is 6.95. The maximum absolute atomic E-state index is 5.02. The molecule has 1 heterocycles. The summed E-state index contributed by atoms with van der Waals surface area (Å²) in [7, 11) is 0. The first kappa shape index (κ1) is 19.1. The van der Waals surface area contributed by atoms with Crippen molar-refractivity contribution in [2.75, 3.05) is 0 Å². The fourth-order valence-corrected chi connectivity index (χ4v) is 4.15. The molecule has 0 spiro atoms. The number of fused-ring (bicyclic) bond motifs is 3. The molecule has 0 atom stereocenters. The van der Waals surface area contributed by atoms with E-state index in [9.17, 15) is 0 Å². The van der Waals surface area contributed by atoms with E-state index in [4.69, 9.17) is 4.98 Å². The maximum Gasteiger partial charge on any atom is 0.0608 e. The minimum absolute atomic E-state index is 0. The Kier molecular flexibility index (Phi) is 4.53. The molecule has 28 heavy (non-hydrogen) atoms. The van der Waals surface area contributed by atoms with Crippen molar-refractivity contribution >= 4 is 10.9 Å². The first-order chi connectivity index (χ1) is 12.9. The number of benzene rings is 3. The van der Waals surface area contributed by atoms with Crippen LogP contribution in [0.4, 0.5) is 0 Å². The Balaban J connectivity index is 0.00000192. The molecule has 1 aliphatic rings. The molecule has 0 saturated heterocycles. The van der Waals surface area contributed by atoms with Crippen LogP contribution in [0.1, 0.15) is 31.9 Å². The van der Waals surface area contributed by atoms with Gasteiger partial charge in [0.1, 0.15) is 0 Å². The van der Waals surface area contributed by atoms with E-state index in [-0.39, 0.29) is 25.5 Å². The van der Waals surface area contributed by atoms with E-state index in [1.54, 1.807) is 0 Å². The van der Waals surface area contributed by atoms with E-state index in [0.29, 0.717) is 0 Å². The summed E-state index contributed by atoms with van der Waals surface area (Å²) in [4.78, 5) is 5.02. The molecule has 2 heteroatoms. The molecule has 0 saturated carbocycles. The summed E-state index contributed by atoms with van der Waals surface area (Å²) in [5, 5.41) is 1.28. The minimum Gasteiger partial charge on any atom is -0.296 e. The van der Waals surface area contributed by atoms with Crippen LogP contribution >= 0.6 is 0 Å². The van der Waals surface area contributed by atoms with Crippen LogP contribution in [0, 0.1) is 13.0 Å². The van der Waals surface area contributed by atoms with Gasteiger partial charge in [0.25, 0.3) is 0 Å². The zero-order chi connectivity index (χ0) is 18.8. The summed E-state index contributed by atoms with van der Waals surface area (Å²) in [5.41, 5.74) is 11.1. The Labute approximate surface area is 180 Å². The van der Waals surface area contributed by atoms with E-state index in [2.05, 4.69) is 88.4 Å². The van der Waals surface area contributed by atoms with E-state index in [0.717, 1.165) is 16.8 Å². The van der Waals surface area contributed by atoms with Gasteiger partial charge in [-0.2, -0.15) is 0 Å². The van der Waals surface area contributed by atoms with Crippen LogP contribution < -0.4 is 0 Å². The molecule has 0 unspecified atom stereocenters. The fourth-order valence-electron chi connectivity index (χ4n) is 4.15. The average Bonchev–Trinajstić information content (AvgIpc) is 3.00. The quantitative estimate of drug-likeness (QED) is 0.210. The molecule has 5 rings (SSSR count). The molecule has 141 valence electrons. The molecule has 0 fully saturated rings. The Bertz CT molecular complexity index is 1220. The number of aromatic nitrogens is 1. The van der Waals surface area contributed by atoms with Gasteiger partial charge >= 0.3 is 0 Å². The van der Waals surface area contributed by atoms with Crippen LogP contribution in [0.2, 0.25) is 0 Å². The van der Waals surface area contributed by atoms with Crippen LogP contribution in [-0.4, -0.2) is 4.98 Å². The van der Waals surface area contributed by atoms with Gasteiger partial charge in [0, 0.05) is 25.5 Å². The number of nitrogens with zero attached hydrogens (tertiary/aromatic N) is 1. The van der Waals surface area contributed by atoms with Gasteiger partial charge in [-0.3, -0.25) is 4.98 Å². The largest absolute Gasteiger partial charge is 0.296 e. The van der Waals surface area contributed by atoms with Gasteiger partial charge in [-0.25, -0.2) is 0 Å². The number of hydrogen-bond acceptors (Lipinski definition) is 1. The van der Waals surface area contributed by atoms with Gasteiger partial charge in [0.2, 0.25) is 0 Å². The van der Waals surface area contributed by atoms with Crippen molar-refractivity contribution in [3.05, 3.63) is 77.9 Å². The summed E-state index contributed by atoms with van der Waals surface area (Å²) in [6.45, 7) is 8.91. The third kappa shape index (κ3) is 2.83. The van der Waals surface area contributed by atoms with Crippen molar-refractivity contribution in [1.29, 1.82) is 0 Å². The zero-order valence-electron chi connectivity index (χ0n) is 16.6. The standard InChI is InChI=1S/C26H22N.Ir/c1-16-12-13-22-25-21(19-10-5-6-11-20(19)24(16)25)15-23(27-22)17-8-7-9-18(14-17)26(2,3)4;/h5-7,9-15H,1-4H3;/q-1;. The number of pyridine rings is 1. The van der Waals surface area contributed by atoms with E-state index >= 15 is 0 Å². The summed E-state index contributed by atoms with van der Waals surface area (Å²) >= 11 is 0. The smallest absolute Gasteiger partial charge is 0.0608 e. The predicted molar refractivity (Wildman–Crippen MR) is 114 cm³/mol. The summed E-state index contributed by atoms with van der Waals surface area (Å²) < 4.78 is 0. The van der Waals surface area contributed by atoms with Crippen molar-refractivity contribution in [3.63, 3.8) is 0 Å². The molecular weight excluding hydrogens is 519 g/mol. The minimum atomic E-state index is 0. The molecular formula is C26H22IrN-. The van der Waals surface area contributed by atoms with E-state index in [1.165, 1.54) is 38.8 Å². The first-order valence-corrected chi connectivity index (χ1v) is 9.50. The maximum atomic E-state index is 5.02. The molecule has 1 aromatic heterocycles. The molecule has 0 N–H and O–H groups in total. The van der Waals surface area contributed by atoms with Gasteiger partial charge in [-0.15, -0.1) is 35.4 Å². The molecule has 1 aliphatic carbocycles. The normalized spacial score (nSPS) is 12.0. The Morgan fingerprint density at radius 3 is 2.36 bits per heavy atom. The van der Waals surface area contributed by atoms with Crippen molar-refractivity contribution in [3.8, 4) is 33.5 Å². The summed E-state index contributed by atoms with van der Waals surface area (Å²) in [6.07, 6.45) is 0. The van der Waals surface area contributed by atoms with Crippen LogP contribution in [0.15, 0.2) is 60.7 Å². The third-order valence-corrected chi connectivity index (χ3v) is 5.61. The molecule has 1 radical (unpaired) electrons. The van der Waals surface area contributed by atoms with Crippen LogP contribution in [0.25, 0.3) is 44.4 Å². The van der Waals surface area contributed by atoms with Crippen molar-refractivity contribution in [1.82, 2.24) is 4.98 Å². The van der Waals surface area contributed by atoms with Gasteiger partial charge in [-0.1, -0.05) is 57.2 Å². The van der Waals surface area contributed by atoms with Crippen LogP contribution in [0.3, 0.4) is 0 Å². The molecule has 1 nitrogen and oxygen atoms in total. The van der Waals surface area contributed by atoms with Crippen molar-refractivity contribution in [2.24, 2.45) is 0 Å². The first-order valence-electron chi connectivity index (χ1n) is 9.50. The van der Waals surface area contributed by atoms with Crippen molar-refractivity contribution < 1.29 is 20.1 Å². The van der Waals surface area contributed by atoms with E-state index < -0.39 is 0 Å². The second kappa shape index (κ2) is 6.65. The third-order valence-electron chi connectivity index (χ3n) is 5.61. The van der Waals surface area contributed by atoms with Crippen molar-refractivity contribution in [2.45, 2.75) is 33.1 Å². The summed E-state index contributed by atoms with van der Waals surface area (Å²) in [5.74, 6) is 0. The van der Waals surface area contributed by atoms with Crippen LogP contribution in [0.5, 0.6) is 0 Å². The van der Waals surface area contributed by atoms with E-state index in [1.807, 2.05) is 6.07 Å². The Morgan fingerprint density at radius 1 is 0.857 bits per heavy atom. The number of aryl methyl sites for hydroxylation is 1. The van der Waals surface area contributed by atoms with Gasteiger partial charge < -0.3 is 0 Å². The molecule has 0 bridgehead atoms. The second-order valence-electron chi connectivity index (χ2n) is 8.49. The zero-order valence-corrected chi connectivity index (χ0v) is 18.9. The van der Waals surface area contributed by atoms with Gasteiger partial charge in [0.05, 0.1) is 5.52 Å². The molecule has 4 aromatic rings. The summed E-state index contributed by atoms with van der Waals surface area (Å²) in [6, 6.07) is 25.1. The topological polar surface area (TPSA) is 12.9 Å². The molecule has 0 amide bonds. The Morgan fingerprint density at radius 2 is 1.61 bits per heavy atom. The molecule has 3 aromatic carbocycles. The van der Waals surface area contributed by atoms with Gasteiger partial charge in [-0.05, 0) is 51.9 Å². The second-order valence-corrected chi connectivity index (χ2v) is 8.49. The van der Waals surface area contributed by atoms with Crippen LogP contribution in [-0.2, 0) is 25.5 Å².